The number of hydrogen-bond donors (Lipinski definition) is 1. The van der Waals surface area contributed by atoms with Crippen molar-refractivity contribution in [3.05, 3.63) is 73.5 Å². The Morgan fingerprint density at radius 1 is 1.16 bits per heavy atom. The Kier molecular flexibility index (Phi) is 4.50. The zero-order chi connectivity index (χ0) is 21.9. The molecule has 4 heterocycles. The predicted molar refractivity (Wildman–Crippen MR) is 115 cm³/mol. The molecule has 0 saturated carbocycles. The van der Waals surface area contributed by atoms with Gasteiger partial charge in [0.1, 0.15) is 11.3 Å². The Morgan fingerprint density at radius 2 is 1.97 bits per heavy atom. The highest BCUT2D eigenvalue weighted by Gasteiger charge is 2.36. The van der Waals surface area contributed by atoms with Crippen LogP contribution in [-0.2, 0) is 17.8 Å². The molecule has 0 radical (unpaired) electrons. The van der Waals surface area contributed by atoms with Gasteiger partial charge < -0.3 is 19.0 Å². The standard InChI is InChI=1S/C24H24N2O5/c1-13-6-19(27)23-14(2)17(24(30)31-20(23)7-13)9-22(29)25-10-15-8-16(12-25)18-4-3-5-21(28)26(18)11-15/h3-7,15-16,27H,8-12H2,1-2H3/t15-,16-/m0/s1. The first kappa shape index (κ1) is 19.6. The number of amides is 1. The maximum atomic E-state index is 13.2. The van der Waals surface area contributed by atoms with Gasteiger partial charge in [0.15, 0.2) is 0 Å². The molecule has 2 aliphatic rings. The SMILES string of the molecule is Cc1cc(O)c2c(C)c(CC(=O)N3C[C@@H]4C[C@@H](C3)c3cccc(=O)n3C4)c(=O)oc2c1. The van der Waals surface area contributed by atoms with Crippen molar-refractivity contribution in [2.75, 3.05) is 13.1 Å². The number of aromatic nitrogens is 1. The van der Waals surface area contributed by atoms with Gasteiger partial charge in [-0.05, 0) is 55.5 Å². The number of likely N-dealkylation sites (tertiary alicyclic amines) is 1. The lowest BCUT2D eigenvalue weighted by Gasteiger charge is -2.42. The number of phenolic OH excluding ortho intramolecular Hbond substituents is 1. The Bertz CT molecular complexity index is 1340. The topological polar surface area (TPSA) is 92.8 Å². The first-order valence-corrected chi connectivity index (χ1v) is 10.5. The molecule has 1 aromatic carbocycles. The summed E-state index contributed by atoms with van der Waals surface area (Å²) in [6.45, 7) is 5.26. The van der Waals surface area contributed by atoms with E-state index in [2.05, 4.69) is 0 Å². The molecular weight excluding hydrogens is 396 g/mol. The van der Waals surface area contributed by atoms with Crippen molar-refractivity contribution in [1.29, 1.82) is 0 Å². The molecular formula is C24H24N2O5. The summed E-state index contributed by atoms with van der Waals surface area (Å²) in [6, 6.07) is 8.63. The van der Waals surface area contributed by atoms with Crippen molar-refractivity contribution in [2.24, 2.45) is 5.92 Å². The fraction of sp³-hybridized carbons (Fsp3) is 0.375. The van der Waals surface area contributed by atoms with Crippen LogP contribution in [0.1, 0.15) is 34.7 Å². The first-order valence-electron chi connectivity index (χ1n) is 10.5. The Labute approximate surface area is 178 Å². The molecule has 2 bridgehead atoms. The first-order chi connectivity index (χ1) is 14.8. The van der Waals surface area contributed by atoms with Gasteiger partial charge in [-0.1, -0.05) is 6.07 Å². The van der Waals surface area contributed by atoms with Gasteiger partial charge in [0, 0.05) is 37.3 Å². The van der Waals surface area contributed by atoms with Crippen LogP contribution in [0.4, 0.5) is 0 Å². The highest BCUT2D eigenvalue weighted by molar-refractivity contribution is 5.89. The zero-order valence-corrected chi connectivity index (χ0v) is 17.6. The predicted octanol–water partition coefficient (Wildman–Crippen LogP) is 2.47. The van der Waals surface area contributed by atoms with E-state index in [1.165, 1.54) is 0 Å². The largest absolute Gasteiger partial charge is 0.507 e. The van der Waals surface area contributed by atoms with Crippen molar-refractivity contribution < 1.29 is 14.3 Å². The van der Waals surface area contributed by atoms with Crippen molar-refractivity contribution in [1.82, 2.24) is 9.47 Å². The number of fused-ring (bicyclic) bond motifs is 5. The van der Waals surface area contributed by atoms with E-state index < -0.39 is 5.63 Å². The number of aromatic hydroxyl groups is 1. The zero-order valence-electron chi connectivity index (χ0n) is 17.6. The van der Waals surface area contributed by atoms with Crippen LogP contribution in [0.25, 0.3) is 11.0 Å². The van der Waals surface area contributed by atoms with Gasteiger partial charge in [-0.15, -0.1) is 0 Å². The molecule has 0 spiro atoms. The lowest BCUT2D eigenvalue weighted by molar-refractivity contribution is -0.133. The van der Waals surface area contributed by atoms with Crippen LogP contribution in [0.3, 0.4) is 0 Å². The van der Waals surface area contributed by atoms with Gasteiger partial charge in [0.2, 0.25) is 5.91 Å². The number of hydrogen-bond acceptors (Lipinski definition) is 5. The highest BCUT2D eigenvalue weighted by Crippen LogP contribution is 2.35. The summed E-state index contributed by atoms with van der Waals surface area (Å²) >= 11 is 0. The quantitative estimate of drug-likeness (QED) is 0.643. The van der Waals surface area contributed by atoms with E-state index in [0.29, 0.717) is 36.2 Å². The second kappa shape index (κ2) is 7.11. The van der Waals surface area contributed by atoms with E-state index >= 15 is 0 Å². The smallest absolute Gasteiger partial charge is 0.340 e. The molecule has 1 saturated heterocycles. The van der Waals surface area contributed by atoms with E-state index in [-0.39, 0.29) is 41.0 Å². The van der Waals surface area contributed by atoms with E-state index in [1.54, 1.807) is 36.1 Å². The van der Waals surface area contributed by atoms with Crippen LogP contribution < -0.4 is 11.2 Å². The monoisotopic (exact) mass is 420 g/mol. The van der Waals surface area contributed by atoms with Crippen molar-refractivity contribution >= 4 is 16.9 Å². The number of nitrogens with zero attached hydrogens (tertiary/aromatic N) is 2. The maximum Gasteiger partial charge on any atom is 0.340 e. The summed E-state index contributed by atoms with van der Waals surface area (Å²) in [5, 5.41) is 10.8. The van der Waals surface area contributed by atoms with Crippen molar-refractivity contribution in [3.63, 3.8) is 0 Å². The molecule has 160 valence electrons. The third-order valence-corrected chi connectivity index (χ3v) is 6.66. The lowest BCUT2D eigenvalue weighted by Crippen LogP contribution is -2.49. The van der Waals surface area contributed by atoms with E-state index in [1.807, 2.05) is 17.6 Å². The second-order valence-electron chi connectivity index (χ2n) is 8.82. The molecule has 1 N–H and O–H groups in total. The Hall–Kier alpha value is -3.35. The van der Waals surface area contributed by atoms with Crippen molar-refractivity contribution in [3.8, 4) is 5.75 Å². The molecule has 0 aliphatic carbocycles. The van der Waals surface area contributed by atoms with Gasteiger partial charge in [0.25, 0.3) is 5.56 Å². The summed E-state index contributed by atoms with van der Waals surface area (Å²) < 4.78 is 7.26. The number of phenols is 1. The van der Waals surface area contributed by atoms with Gasteiger partial charge in [0.05, 0.1) is 17.4 Å². The maximum absolute atomic E-state index is 13.2. The molecule has 2 aromatic heterocycles. The lowest BCUT2D eigenvalue weighted by atomic mass is 9.83. The number of pyridine rings is 1. The number of carbonyl (C=O) groups excluding carboxylic acids is 1. The van der Waals surface area contributed by atoms with Crippen LogP contribution in [-0.4, -0.2) is 33.6 Å². The number of piperidine rings is 1. The molecule has 1 amide bonds. The normalized spacial score (nSPS) is 20.0. The third kappa shape index (κ3) is 3.24. The minimum atomic E-state index is -0.544. The average Bonchev–Trinajstić information content (AvgIpc) is 2.71. The minimum Gasteiger partial charge on any atom is -0.507 e. The molecule has 1 fully saturated rings. The van der Waals surface area contributed by atoms with Crippen LogP contribution in [0.5, 0.6) is 5.75 Å². The van der Waals surface area contributed by atoms with Gasteiger partial charge in [-0.25, -0.2) is 4.79 Å². The fourth-order valence-corrected chi connectivity index (χ4v) is 5.23. The van der Waals surface area contributed by atoms with Gasteiger partial charge >= 0.3 is 5.63 Å². The minimum absolute atomic E-state index is 0.00594. The molecule has 3 aromatic rings. The molecule has 7 heteroatoms. The summed E-state index contributed by atoms with van der Waals surface area (Å²) in [4.78, 5) is 39.8. The fourth-order valence-electron chi connectivity index (χ4n) is 5.23. The third-order valence-electron chi connectivity index (χ3n) is 6.66. The molecule has 0 unspecified atom stereocenters. The van der Waals surface area contributed by atoms with E-state index in [4.69, 9.17) is 4.42 Å². The average molecular weight is 420 g/mol. The summed E-state index contributed by atoms with van der Waals surface area (Å²) in [5.74, 6) is 0.241. The summed E-state index contributed by atoms with van der Waals surface area (Å²) in [5.41, 5.74) is 2.41. The van der Waals surface area contributed by atoms with Gasteiger partial charge in [-0.3, -0.25) is 9.59 Å². The highest BCUT2D eigenvalue weighted by atomic mass is 16.4. The number of carbonyl (C=O) groups is 1. The Balaban J connectivity index is 1.45. The summed E-state index contributed by atoms with van der Waals surface area (Å²) in [6.07, 6.45) is 0.885. The number of benzene rings is 1. The molecule has 5 rings (SSSR count). The molecule has 2 atom stereocenters. The van der Waals surface area contributed by atoms with Crippen LogP contribution in [0.2, 0.25) is 0 Å². The molecule has 7 nitrogen and oxygen atoms in total. The number of rotatable bonds is 2. The van der Waals surface area contributed by atoms with Crippen LogP contribution in [0, 0.1) is 19.8 Å². The van der Waals surface area contributed by atoms with Crippen LogP contribution >= 0.6 is 0 Å². The van der Waals surface area contributed by atoms with Gasteiger partial charge in [-0.2, -0.15) is 0 Å². The Morgan fingerprint density at radius 3 is 2.77 bits per heavy atom. The van der Waals surface area contributed by atoms with E-state index in [0.717, 1.165) is 17.7 Å². The number of aryl methyl sites for hydroxylation is 2. The molecule has 2 aliphatic heterocycles. The van der Waals surface area contributed by atoms with Crippen LogP contribution in [0.15, 0.2) is 44.3 Å². The second-order valence-corrected chi connectivity index (χ2v) is 8.82. The molecule has 31 heavy (non-hydrogen) atoms. The van der Waals surface area contributed by atoms with Crippen molar-refractivity contribution in [2.45, 2.75) is 39.2 Å². The summed E-state index contributed by atoms with van der Waals surface area (Å²) in [7, 11) is 0. The van der Waals surface area contributed by atoms with E-state index in [9.17, 15) is 19.5 Å².